The van der Waals surface area contributed by atoms with Crippen LogP contribution in [0.5, 0.6) is 0 Å². The summed E-state index contributed by atoms with van der Waals surface area (Å²) < 4.78 is 0. The van der Waals surface area contributed by atoms with Gasteiger partial charge in [0.15, 0.2) is 0 Å². The summed E-state index contributed by atoms with van der Waals surface area (Å²) in [5.41, 5.74) is 0. The Hall–Kier alpha value is -0.590. The molecule has 1 rings (SSSR count). The first-order valence-corrected chi connectivity index (χ1v) is 5.41. The van der Waals surface area contributed by atoms with E-state index in [1.807, 2.05) is 6.08 Å². The fourth-order valence-electron chi connectivity index (χ4n) is 2.19. The van der Waals surface area contributed by atoms with Crippen LogP contribution in [-0.4, -0.2) is 5.78 Å². The van der Waals surface area contributed by atoms with Crippen LogP contribution in [0.15, 0.2) is 12.7 Å². The van der Waals surface area contributed by atoms with Gasteiger partial charge in [0, 0.05) is 12.3 Å². The SMILES string of the molecule is C=CCCC(=O)C1CCC(CC)C1. The maximum absolute atomic E-state index is 11.6. The van der Waals surface area contributed by atoms with Crippen molar-refractivity contribution < 1.29 is 4.79 Å². The van der Waals surface area contributed by atoms with Crippen LogP contribution in [-0.2, 0) is 4.79 Å². The van der Waals surface area contributed by atoms with E-state index >= 15 is 0 Å². The summed E-state index contributed by atoms with van der Waals surface area (Å²) in [6.07, 6.45) is 8.19. The molecule has 0 aliphatic heterocycles. The third kappa shape index (κ3) is 2.98. The Kier molecular flexibility index (Phi) is 4.20. The molecule has 0 heterocycles. The van der Waals surface area contributed by atoms with Crippen molar-refractivity contribution in [3.63, 3.8) is 0 Å². The molecule has 13 heavy (non-hydrogen) atoms. The molecule has 1 aliphatic rings. The monoisotopic (exact) mass is 180 g/mol. The van der Waals surface area contributed by atoms with Gasteiger partial charge in [0.2, 0.25) is 0 Å². The summed E-state index contributed by atoms with van der Waals surface area (Å²) in [5.74, 6) is 1.67. The fourth-order valence-corrected chi connectivity index (χ4v) is 2.19. The van der Waals surface area contributed by atoms with Crippen LogP contribution in [0.4, 0.5) is 0 Å². The molecule has 0 radical (unpaired) electrons. The first-order valence-electron chi connectivity index (χ1n) is 5.41. The lowest BCUT2D eigenvalue weighted by atomic mass is 9.96. The maximum atomic E-state index is 11.6. The summed E-state index contributed by atoms with van der Waals surface area (Å²) in [6.45, 7) is 5.86. The highest BCUT2D eigenvalue weighted by Crippen LogP contribution is 2.34. The average Bonchev–Trinajstić information content (AvgIpc) is 2.62. The number of carbonyl (C=O) groups is 1. The number of Topliss-reactive ketones (excluding diaryl/α,β-unsaturated/α-hetero) is 1. The van der Waals surface area contributed by atoms with Crippen LogP contribution in [0, 0.1) is 11.8 Å². The standard InChI is InChI=1S/C12H20O/c1-3-5-6-12(13)11-8-7-10(4-2)9-11/h3,10-11H,1,4-9H2,2H3. The Balaban J connectivity index is 2.28. The predicted molar refractivity (Wildman–Crippen MR) is 55.6 cm³/mol. The Morgan fingerprint density at radius 1 is 1.54 bits per heavy atom. The molecule has 2 atom stereocenters. The normalized spacial score (nSPS) is 27.5. The molecule has 0 saturated heterocycles. The van der Waals surface area contributed by atoms with Crippen LogP contribution in [0.25, 0.3) is 0 Å². The smallest absolute Gasteiger partial charge is 0.136 e. The van der Waals surface area contributed by atoms with E-state index in [1.54, 1.807) is 0 Å². The zero-order chi connectivity index (χ0) is 9.68. The van der Waals surface area contributed by atoms with Crippen LogP contribution >= 0.6 is 0 Å². The molecule has 1 aliphatic carbocycles. The van der Waals surface area contributed by atoms with Gasteiger partial charge in [0.25, 0.3) is 0 Å². The quantitative estimate of drug-likeness (QED) is 0.593. The summed E-state index contributed by atoms with van der Waals surface area (Å²) in [6, 6.07) is 0. The Labute approximate surface area is 81.2 Å². The third-order valence-electron chi connectivity index (χ3n) is 3.17. The summed E-state index contributed by atoms with van der Waals surface area (Å²) >= 11 is 0. The number of ketones is 1. The Morgan fingerprint density at radius 2 is 2.31 bits per heavy atom. The Bertz CT molecular complexity index is 184. The van der Waals surface area contributed by atoms with Gasteiger partial charge in [0.05, 0.1) is 0 Å². The lowest BCUT2D eigenvalue weighted by Crippen LogP contribution is -2.10. The summed E-state index contributed by atoms with van der Waals surface area (Å²) in [4.78, 5) is 11.6. The number of allylic oxidation sites excluding steroid dienone is 1. The lowest BCUT2D eigenvalue weighted by Gasteiger charge is -2.07. The van der Waals surface area contributed by atoms with Crippen molar-refractivity contribution in [2.45, 2.75) is 45.4 Å². The largest absolute Gasteiger partial charge is 0.299 e. The third-order valence-corrected chi connectivity index (χ3v) is 3.17. The molecular formula is C12H20O. The fraction of sp³-hybridized carbons (Fsp3) is 0.750. The second kappa shape index (κ2) is 5.21. The molecule has 0 aromatic heterocycles. The zero-order valence-electron chi connectivity index (χ0n) is 8.59. The minimum absolute atomic E-state index is 0.380. The number of rotatable bonds is 5. The van der Waals surface area contributed by atoms with Gasteiger partial charge in [-0.05, 0) is 31.6 Å². The highest BCUT2D eigenvalue weighted by molar-refractivity contribution is 5.81. The maximum Gasteiger partial charge on any atom is 0.136 e. The topological polar surface area (TPSA) is 17.1 Å². The van der Waals surface area contributed by atoms with Gasteiger partial charge in [-0.25, -0.2) is 0 Å². The minimum atomic E-state index is 0.380. The molecule has 1 saturated carbocycles. The molecule has 0 aromatic carbocycles. The van der Waals surface area contributed by atoms with Crippen LogP contribution in [0.3, 0.4) is 0 Å². The highest BCUT2D eigenvalue weighted by atomic mass is 16.1. The van der Waals surface area contributed by atoms with Gasteiger partial charge in [-0.1, -0.05) is 19.4 Å². The second-order valence-corrected chi connectivity index (χ2v) is 4.08. The van der Waals surface area contributed by atoms with Crippen molar-refractivity contribution in [3.05, 3.63) is 12.7 Å². The van der Waals surface area contributed by atoms with E-state index in [1.165, 1.54) is 12.8 Å². The highest BCUT2D eigenvalue weighted by Gasteiger charge is 2.27. The molecular weight excluding hydrogens is 160 g/mol. The second-order valence-electron chi connectivity index (χ2n) is 4.08. The van der Waals surface area contributed by atoms with Crippen molar-refractivity contribution in [3.8, 4) is 0 Å². The van der Waals surface area contributed by atoms with Gasteiger partial charge < -0.3 is 0 Å². The molecule has 0 amide bonds. The molecule has 2 unspecified atom stereocenters. The van der Waals surface area contributed by atoms with Gasteiger partial charge >= 0.3 is 0 Å². The van der Waals surface area contributed by atoms with E-state index < -0.39 is 0 Å². The van der Waals surface area contributed by atoms with E-state index in [-0.39, 0.29) is 0 Å². The first kappa shape index (κ1) is 10.5. The molecule has 1 fully saturated rings. The van der Waals surface area contributed by atoms with E-state index in [0.717, 1.165) is 25.2 Å². The summed E-state index contributed by atoms with van der Waals surface area (Å²) in [5, 5.41) is 0. The molecule has 1 heteroatoms. The molecule has 0 N–H and O–H groups in total. The van der Waals surface area contributed by atoms with Gasteiger partial charge in [0.1, 0.15) is 5.78 Å². The van der Waals surface area contributed by atoms with Crippen LogP contribution < -0.4 is 0 Å². The van der Waals surface area contributed by atoms with Crippen LogP contribution in [0.2, 0.25) is 0 Å². The number of carbonyl (C=O) groups excluding carboxylic acids is 1. The van der Waals surface area contributed by atoms with Crippen LogP contribution in [0.1, 0.15) is 45.4 Å². The van der Waals surface area contributed by atoms with Crippen molar-refractivity contribution in [2.24, 2.45) is 11.8 Å². The first-order chi connectivity index (χ1) is 6.27. The zero-order valence-corrected chi connectivity index (χ0v) is 8.59. The molecule has 1 nitrogen and oxygen atoms in total. The molecule has 0 bridgehead atoms. The van der Waals surface area contributed by atoms with E-state index in [9.17, 15) is 4.79 Å². The Morgan fingerprint density at radius 3 is 2.85 bits per heavy atom. The summed E-state index contributed by atoms with van der Waals surface area (Å²) in [7, 11) is 0. The van der Waals surface area contributed by atoms with E-state index in [4.69, 9.17) is 0 Å². The molecule has 0 aromatic rings. The molecule has 0 spiro atoms. The van der Waals surface area contributed by atoms with E-state index in [0.29, 0.717) is 18.1 Å². The van der Waals surface area contributed by atoms with Crippen molar-refractivity contribution >= 4 is 5.78 Å². The predicted octanol–water partition coefficient (Wildman–Crippen LogP) is 3.35. The van der Waals surface area contributed by atoms with Gasteiger partial charge in [-0.3, -0.25) is 4.79 Å². The van der Waals surface area contributed by atoms with E-state index in [2.05, 4.69) is 13.5 Å². The number of hydrogen-bond acceptors (Lipinski definition) is 1. The number of hydrogen-bond donors (Lipinski definition) is 0. The molecule has 74 valence electrons. The average molecular weight is 180 g/mol. The van der Waals surface area contributed by atoms with Crippen molar-refractivity contribution in [2.75, 3.05) is 0 Å². The van der Waals surface area contributed by atoms with Crippen molar-refractivity contribution in [1.29, 1.82) is 0 Å². The lowest BCUT2D eigenvalue weighted by molar-refractivity contribution is -0.122. The van der Waals surface area contributed by atoms with Crippen molar-refractivity contribution in [1.82, 2.24) is 0 Å². The van der Waals surface area contributed by atoms with Gasteiger partial charge in [-0.15, -0.1) is 6.58 Å². The van der Waals surface area contributed by atoms with Gasteiger partial charge in [-0.2, -0.15) is 0 Å². The minimum Gasteiger partial charge on any atom is -0.299 e.